The molecule has 4 nitrogen and oxygen atoms in total. The molecule has 0 atom stereocenters. The molecule has 0 aliphatic rings. The summed E-state index contributed by atoms with van der Waals surface area (Å²) in [5, 5.41) is 2.96. The molecule has 0 bridgehead atoms. The summed E-state index contributed by atoms with van der Waals surface area (Å²) >= 11 is 0. The minimum atomic E-state index is -0.336. The van der Waals surface area contributed by atoms with E-state index in [0.717, 1.165) is 22.4 Å². The lowest BCUT2D eigenvalue weighted by molar-refractivity contribution is 0.205. The van der Waals surface area contributed by atoms with Crippen molar-refractivity contribution in [2.75, 3.05) is 12.4 Å². The van der Waals surface area contributed by atoms with Crippen molar-refractivity contribution in [3.8, 4) is 5.75 Å². The van der Waals surface area contributed by atoms with Gasteiger partial charge in [0.15, 0.2) is 0 Å². The van der Waals surface area contributed by atoms with Gasteiger partial charge in [0, 0.05) is 16.8 Å². The van der Waals surface area contributed by atoms with E-state index in [-0.39, 0.29) is 24.9 Å². The fourth-order valence-corrected chi connectivity index (χ4v) is 3.22. The van der Waals surface area contributed by atoms with Crippen molar-refractivity contribution in [2.24, 2.45) is 0 Å². The van der Waals surface area contributed by atoms with Gasteiger partial charge >= 0.3 is 6.03 Å². The Bertz CT molecular complexity index is 1000. The van der Waals surface area contributed by atoms with E-state index in [1.165, 1.54) is 6.07 Å². The standard InChI is InChI=1S/C24H25FN2O2/c1-17-12-13-22(18(2)14-17)26-24(28)27(15-19-8-4-6-10-21(19)25)16-20-9-5-7-11-23(20)29-3/h4-14H,15-16H2,1-3H3,(H,26,28). The first-order valence-corrected chi connectivity index (χ1v) is 9.46. The third-order valence-corrected chi connectivity index (χ3v) is 4.78. The Balaban J connectivity index is 1.88. The number of para-hydroxylation sites is 1. The van der Waals surface area contributed by atoms with Crippen molar-refractivity contribution in [1.82, 2.24) is 4.90 Å². The number of aryl methyl sites for hydroxylation is 2. The average molecular weight is 392 g/mol. The zero-order valence-electron chi connectivity index (χ0n) is 16.9. The number of methoxy groups -OCH3 is 1. The number of nitrogens with zero attached hydrogens (tertiary/aromatic N) is 1. The minimum Gasteiger partial charge on any atom is -0.496 e. The zero-order chi connectivity index (χ0) is 20.8. The molecular formula is C24H25FN2O2. The van der Waals surface area contributed by atoms with E-state index in [9.17, 15) is 9.18 Å². The van der Waals surface area contributed by atoms with Crippen molar-refractivity contribution in [2.45, 2.75) is 26.9 Å². The van der Waals surface area contributed by atoms with Crippen LogP contribution in [0.3, 0.4) is 0 Å². The molecule has 1 N–H and O–H groups in total. The highest BCUT2D eigenvalue weighted by Crippen LogP contribution is 2.23. The van der Waals surface area contributed by atoms with Crippen molar-refractivity contribution >= 4 is 11.7 Å². The molecule has 0 saturated carbocycles. The Kier molecular flexibility index (Phi) is 6.50. The van der Waals surface area contributed by atoms with Crippen molar-refractivity contribution in [3.63, 3.8) is 0 Å². The van der Waals surface area contributed by atoms with Gasteiger partial charge in [-0.3, -0.25) is 0 Å². The number of urea groups is 1. The quantitative estimate of drug-likeness (QED) is 0.586. The molecule has 0 unspecified atom stereocenters. The predicted molar refractivity (Wildman–Crippen MR) is 114 cm³/mol. The van der Waals surface area contributed by atoms with E-state index in [1.807, 2.05) is 56.3 Å². The molecule has 2 amide bonds. The summed E-state index contributed by atoms with van der Waals surface area (Å²) in [4.78, 5) is 14.7. The largest absolute Gasteiger partial charge is 0.496 e. The molecule has 0 aliphatic carbocycles. The Hall–Kier alpha value is -3.34. The first-order valence-electron chi connectivity index (χ1n) is 9.46. The second kappa shape index (κ2) is 9.24. The molecule has 0 radical (unpaired) electrons. The Morgan fingerprint density at radius 1 is 0.966 bits per heavy atom. The van der Waals surface area contributed by atoms with Gasteiger partial charge < -0.3 is 15.0 Å². The maximum Gasteiger partial charge on any atom is 0.322 e. The zero-order valence-corrected chi connectivity index (χ0v) is 16.9. The molecule has 3 rings (SSSR count). The Morgan fingerprint density at radius 3 is 2.31 bits per heavy atom. The molecule has 0 aliphatic heterocycles. The number of hydrogen-bond acceptors (Lipinski definition) is 2. The van der Waals surface area contributed by atoms with Gasteiger partial charge in [-0.25, -0.2) is 9.18 Å². The van der Waals surface area contributed by atoms with Gasteiger partial charge in [-0.05, 0) is 37.6 Å². The maximum absolute atomic E-state index is 14.2. The van der Waals surface area contributed by atoms with Crippen LogP contribution in [0.5, 0.6) is 5.75 Å². The molecule has 150 valence electrons. The molecule has 0 aromatic heterocycles. The summed E-state index contributed by atoms with van der Waals surface area (Å²) in [6, 6.07) is 19.5. The number of rotatable bonds is 6. The van der Waals surface area contributed by atoms with E-state index in [1.54, 1.807) is 30.2 Å². The number of halogens is 1. The van der Waals surface area contributed by atoms with E-state index in [0.29, 0.717) is 11.3 Å². The number of hydrogen-bond donors (Lipinski definition) is 1. The summed E-state index contributed by atoms with van der Waals surface area (Å²) in [5.41, 5.74) is 4.14. The highest BCUT2D eigenvalue weighted by Gasteiger charge is 2.19. The normalized spacial score (nSPS) is 10.5. The molecular weight excluding hydrogens is 367 g/mol. The van der Waals surface area contributed by atoms with Gasteiger partial charge in [-0.1, -0.05) is 54.1 Å². The van der Waals surface area contributed by atoms with Crippen LogP contribution in [0, 0.1) is 19.7 Å². The van der Waals surface area contributed by atoms with Gasteiger partial charge in [0.05, 0.1) is 20.2 Å². The molecule has 3 aromatic rings. The van der Waals surface area contributed by atoms with Crippen LogP contribution in [0.25, 0.3) is 0 Å². The molecule has 29 heavy (non-hydrogen) atoms. The highest BCUT2D eigenvalue weighted by atomic mass is 19.1. The summed E-state index contributed by atoms with van der Waals surface area (Å²) in [7, 11) is 1.59. The Morgan fingerprint density at radius 2 is 1.62 bits per heavy atom. The summed E-state index contributed by atoms with van der Waals surface area (Å²) < 4.78 is 19.7. The number of benzene rings is 3. The van der Waals surface area contributed by atoms with E-state index in [2.05, 4.69) is 5.32 Å². The van der Waals surface area contributed by atoms with Crippen molar-refractivity contribution < 1.29 is 13.9 Å². The fraction of sp³-hybridized carbons (Fsp3) is 0.208. The summed E-state index contributed by atoms with van der Waals surface area (Å²) in [6.45, 7) is 4.38. The Labute approximate surface area is 170 Å². The van der Waals surface area contributed by atoms with Crippen molar-refractivity contribution in [3.05, 3.63) is 94.8 Å². The minimum absolute atomic E-state index is 0.140. The van der Waals surface area contributed by atoms with Crippen LogP contribution < -0.4 is 10.1 Å². The second-order valence-electron chi connectivity index (χ2n) is 7.01. The number of carbonyl (C=O) groups excluding carboxylic acids is 1. The number of carbonyl (C=O) groups is 1. The topological polar surface area (TPSA) is 41.6 Å². The summed E-state index contributed by atoms with van der Waals surface area (Å²) in [5.74, 6) is 0.349. The average Bonchev–Trinajstić information content (AvgIpc) is 2.71. The first kappa shape index (κ1) is 20.4. The van der Waals surface area contributed by atoms with Crippen LogP contribution in [0.4, 0.5) is 14.9 Å². The van der Waals surface area contributed by atoms with Crippen LogP contribution in [0.15, 0.2) is 66.7 Å². The number of amides is 2. The van der Waals surface area contributed by atoms with Crippen LogP contribution in [0.2, 0.25) is 0 Å². The number of anilines is 1. The van der Waals surface area contributed by atoms with Crippen LogP contribution in [-0.4, -0.2) is 18.0 Å². The lowest BCUT2D eigenvalue weighted by atomic mass is 10.1. The van der Waals surface area contributed by atoms with Gasteiger partial charge in [0.1, 0.15) is 11.6 Å². The lowest BCUT2D eigenvalue weighted by Crippen LogP contribution is -2.34. The van der Waals surface area contributed by atoms with E-state index >= 15 is 0 Å². The van der Waals surface area contributed by atoms with Gasteiger partial charge in [0.2, 0.25) is 0 Å². The maximum atomic E-state index is 14.2. The predicted octanol–water partition coefficient (Wildman–Crippen LogP) is 5.69. The fourth-order valence-electron chi connectivity index (χ4n) is 3.22. The molecule has 0 spiro atoms. The van der Waals surface area contributed by atoms with Gasteiger partial charge in [0.25, 0.3) is 0 Å². The SMILES string of the molecule is COc1ccccc1CN(Cc1ccccc1F)C(=O)Nc1ccc(C)cc1C. The third kappa shape index (κ3) is 5.13. The molecule has 5 heteroatoms. The molecule has 3 aromatic carbocycles. The van der Waals surface area contributed by atoms with Crippen molar-refractivity contribution in [1.29, 1.82) is 0 Å². The van der Waals surface area contributed by atoms with Gasteiger partial charge in [-0.2, -0.15) is 0 Å². The smallest absolute Gasteiger partial charge is 0.322 e. The number of ether oxygens (including phenoxy) is 1. The van der Waals surface area contributed by atoms with Crippen LogP contribution >= 0.6 is 0 Å². The first-order chi connectivity index (χ1) is 14.0. The molecule has 0 saturated heterocycles. The second-order valence-corrected chi connectivity index (χ2v) is 7.01. The van der Waals surface area contributed by atoms with E-state index < -0.39 is 0 Å². The number of nitrogens with one attached hydrogen (secondary N) is 1. The summed E-state index contributed by atoms with van der Waals surface area (Å²) in [6.07, 6.45) is 0. The highest BCUT2D eigenvalue weighted by molar-refractivity contribution is 5.90. The van der Waals surface area contributed by atoms with E-state index in [4.69, 9.17) is 4.74 Å². The van der Waals surface area contributed by atoms with Gasteiger partial charge in [-0.15, -0.1) is 0 Å². The molecule has 0 fully saturated rings. The van der Waals surface area contributed by atoms with Crippen LogP contribution in [0.1, 0.15) is 22.3 Å². The molecule has 0 heterocycles. The lowest BCUT2D eigenvalue weighted by Gasteiger charge is -2.25. The van der Waals surface area contributed by atoms with Crippen LogP contribution in [-0.2, 0) is 13.1 Å². The monoisotopic (exact) mass is 392 g/mol. The third-order valence-electron chi connectivity index (χ3n) is 4.78.